The molecule has 0 bridgehead atoms. The van der Waals surface area contributed by atoms with E-state index in [4.69, 9.17) is 5.73 Å². The fraction of sp³-hybridized carbons (Fsp3) is 0.250. The summed E-state index contributed by atoms with van der Waals surface area (Å²) in [4.78, 5) is 15.1. The lowest BCUT2D eigenvalue weighted by Gasteiger charge is -2.11. The summed E-state index contributed by atoms with van der Waals surface area (Å²) in [6, 6.07) is 7.29. The first kappa shape index (κ1) is 12.3. The van der Waals surface area contributed by atoms with E-state index >= 15 is 0 Å². The molecule has 0 aliphatic rings. The summed E-state index contributed by atoms with van der Waals surface area (Å²) in [6.45, 7) is 2.61. The van der Waals surface area contributed by atoms with Gasteiger partial charge in [0.2, 0.25) is 5.91 Å². The van der Waals surface area contributed by atoms with Crippen molar-refractivity contribution in [2.45, 2.75) is 19.5 Å². The second-order valence-corrected chi connectivity index (χ2v) is 4.04. The second kappa shape index (κ2) is 5.42. The van der Waals surface area contributed by atoms with Gasteiger partial charge < -0.3 is 11.1 Å². The molecule has 0 radical (unpaired) electrons. The highest BCUT2D eigenvalue weighted by Gasteiger charge is 2.08. The monoisotopic (exact) mass is 245 g/mol. The van der Waals surface area contributed by atoms with Crippen LogP contribution in [0, 0.1) is 0 Å². The van der Waals surface area contributed by atoms with Crippen LogP contribution in [0.1, 0.15) is 34.7 Å². The number of rotatable bonds is 5. The van der Waals surface area contributed by atoms with Gasteiger partial charge in [0.05, 0.1) is 6.04 Å². The van der Waals surface area contributed by atoms with Gasteiger partial charge in [0.1, 0.15) is 12.2 Å². The third-order valence-corrected chi connectivity index (χ3v) is 2.67. The summed E-state index contributed by atoms with van der Waals surface area (Å²) >= 11 is 0. The Kier molecular flexibility index (Phi) is 3.69. The molecule has 0 aliphatic carbocycles. The Hall–Kier alpha value is -2.21. The summed E-state index contributed by atoms with van der Waals surface area (Å²) in [5, 5.41) is 9.88. The normalized spacial score (nSPS) is 12.3. The average Bonchev–Trinajstić information content (AvgIpc) is 2.90. The van der Waals surface area contributed by atoms with E-state index in [2.05, 4.69) is 20.5 Å². The lowest BCUT2D eigenvalue weighted by atomic mass is 10.1. The van der Waals surface area contributed by atoms with E-state index in [1.807, 2.05) is 19.1 Å². The number of hydrogen-bond donors (Lipinski definition) is 3. The Balaban J connectivity index is 1.98. The number of amides is 1. The van der Waals surface area contributed by atoms with Crippen LogP contribution in [-0.4, -0.2) is 21.1 Å². The van der Waals surface area contributed by atoms with Gasteiger partial charge in [-0.15, -0.1) is 0 Å². The molecular formula is C12H15N5O. The third-order valence-electron chi connectivity index (χ3n) is 2.67. The zero-order chi connectivity index (χ0) is 13.0. The number of nitrogens with one attached hydrogen (secondary N) is 2. The number of H-pyrrole nitrogens is 1. The maximum Gasteiger partial charge on any atom is 0.248 e. The van der Waals surface area contributed by atoms with Crippen LogP contribution >= 0.6 is 0 Å². The van der Waals surface area contributed by atoms with Crippen LogP contribution in [0.15, 0.2) is 30.6 Å². The molecule has 0 aliphatic heterocycles. The number of nitrogens with two attached hydrogens (primary N) is 1. The van der Waals surface area contributed by atoms with Crippen LogP contribution in [0.2, 0.25) is 0 Å². The number of aromatic amines is 1. The van der Waals surface area contributed by atoms with Gasteiger partial charge in [0.25, 0.3) is 0 Å². The molecule has 1 unspecified atom stereocenters. The zero-order valence-electron chi connectivity index (χ0n) is 10.1. The number of benzene rings is 1. The molecule has 2 rings (SSSR count). The molecule has 1 heterocycles. The van der Waals surface area contributed by atoms with E-state index in [0.717, 1.165) is 11.4 Å². The highest BCUT2D eigenvalue weighted by molar-refractivity contribution is 5.92. The molecule has 4 N–H and O–H groups in total. The fourth-order valence-corrected chi connectivity index (χ4v) is 1.63. The quantitative estimate of drug-likeness (QED) is 0.724. The topological polar surface area (TPSA) is 96.7 Å². The predicted molar refractivity (Wildman–Crippen MR) is 66.6 cm³/mol. The van der Waals surface area contributed by atoms with Crippen molar-refractivity contribution in [2.75, 3.05) is 0 Å². The van der Waals surface area contributed by atoms with Crippen molar-refractivity contribution in [3.63, 3.8) is 0 Å². The molecule has 0 saturated heterocycles. The number of primary amides is 1. The lowest BCUT2D eigenvalue weighted by molar-refractivity contribution is 0.1000. The first-order valence-electron chi connectivity index (χ1n) is 5.64. The Morgan fingerprint density at radius 2 is 2.39 bits per heavy atom. The molecule has 0 saturated carbocycles. The number of carbonyl (C=O) groups excluding carboxylic acids is 1. The summed E-state index contributed by atoms with van der Waals surface area (Å²) < 4.78 is 0. The summed E-state index contributed by atoms with van der Waals surface area (Å²) in [5.74, 6) is 0.362. The lowest BCUT2D eigenvalue weighted by Crippen LogP contribution is -2.19. The van der Waals surface area contributed by atoms with E-state index in [-0.39, 0.29) is 6.04 Å². The standard InChI is InChI=1S/C12H15N5O/c1-8(12-15-7-16-17-12)14-6-9-3-2-4-10(5-9)11(13)18/h2-5,7-8,14H,6H2,1H3,(H2,13,18)(H,15,16,17). The van der Waals surface area contributed by atoms with Crippen molar-refractivity contribution in [3.8, 4) is 0 Å². The Morgan fingerprint density at radius 3 is 3.06 bits per heavy atom. The largest absolute Gasteiger partial charge is 0.366 e. The van der Waals surface area contributed by atoms with Crippen molar-refractivity contribution in [3.05, 3.63) is 47.5 Å². The van der Waals surface area contributed by atoms with E-state index in [0.29, 0.717) is 12.1 Å². The minimum Gasteiger partial charge on any atom is -0.366 e. The summed E-state index contributed by atoms with van der Waals surface area (Å²) in [7, 11) is 0. The first-order chi connectivity index (χ1) is 8.66. The number of carbonyl (C=O) groups is 1. The Labute approximate surface area is 105 Å². The third kappa shape index (κ3) is 2.92. The minimum atomic E-state index is -0.417. The second-order valence-electron chi connectivity index (χ2n) is 4.04. The number of hydrogen-bond acceptors (Lipinski definition) is 4. The van der Waals surface area contributed by atoms with Crippen LogP contribution in [0.3, 0.4) is 0 Å². The molecule has 1 aromatic carbocycles. The smallest absolute Gasteiger partial charge is 0.248 e. The first-order valence-corrected chi connectivity index (χ1v) is 5.64. The zero-order valence-corrected chi connectivity index (χ0v) is 10.1. The molecule has 0 spiro atoms. The van der Waals surface area contributed by atoms with Gasteiger partial charge in [-0.3, -0.25) is 9.89 Å². The van der Waals surface area contributed by atoms with Crippen LogP contribution in [0.5, 0.6) is 0 Å². The molecule has 1 atom stereocenters. The Morgan fingerprint density at radius 1 is 1.56 bits per heavy atom. The molecule has 6 nitrogen and oxygen atoms in total. The number of aromatic nitrogens is 3. The minimum absolute atomic E-state index is 0.0599. The highest BCUT2D eigenvalue weighted by atomic mass is 16.1. The number of nitrogens with zero attached hydrogens (tertiary/aromatic N) is 2. The Bertz CT molecular complexity index is 523. The van der Waals surface area contributed by atoms with Crippen LogP contribution < -0.4 is 11.1 Å². The van der Waals surface area contributed by atoms with Gasteiger partial charge in [-0.25, -0.2) is 4.98 Å². The molecule has 18 heavy (non-hydrogen) atoms. The maximum atomic E-state index is 11.1. The predicted octanol–water partition coefficient (Wildman–Crippen LogP) is 0.754. The van der Waals surface area contributed by atoms with Crippen molar-refractivity contribution in [2.24, 2.45) is 5.73 Å². The van der Waals surface area contributed by atoms with Crippen LogP contribution in [0.4, 0.5) is 0 Å². The van der Waals surface area contributed by atoms with E-state index < -0.39 is 5.91 Å². The SMILES string of the molecule is CC(NCc1cccc(C(N)=O)c1)c1ncn[nH]1. The van der Waals surface area contributed by atoms with Crippen molar-refractivity contribution in [1.29, 1.82) is 0 Å². The fourth-order valence-electron chi connectivity index (χ4n) is 1.63. The van der Waals surface area contributed by atoms with E-state index in [9.17, 15) is 4.79 Å². The van der Waals surface area contributed by atoms with Gasteiger partial charge in [-0.2, -0.15) is 5.10 Å². The summed E-state index contributed by atoms with van der Waals surface area (Å²) in [5.41, 5.74) is 6.75. The maximum absolute atomic E-state index is 11.1. The van der Waals surface area contributed by atoms with Gasteiger partial charge >= 0.3 is 0 Å². The van der Waals surface area contributed by atoms with Crippen molar-refractivity contribution in [1.82, 2.24) is 20.5 Å². The van der Waals surface area contributed by atoms with Gasteiger partial charge in [0.15, 0.2) is 0 Å². The molecule has 94 valence electrons. The van der Waals surface area contributed by atoms with Crippen LogP contribution in [-0.2, 0) is 6.54 Å². The summed E-state index contributed by atoms with van der Waals surface area (Å²) in [6.07, 6.45) is 1.47. The molecule has 6 heteroatoms. The molecule has 1 amide bonds. The van der Waals surface area contributed by atoms with E-state index in [1.54, 1.807) is 12.1 Å². The van der Waals surface area contributed by atoms with E-state index in [1.165, 1.54) is 6.33 Å². The molecule has 0 fully saturated rings. The molecule has 1 aromatic heterocycles. The van der Waals surface area contributed by atoms with Crippen LogP contribution in [0.25, 0.3) is 0 Å². The van der Waals surface area contributed by atoms with Gasteiger partial charge in [-0.05, 0) is 24.6 Å². The van der Waals surface area contributed by atoms with Gasteiger partial charge in [-0.1, -0.05) is 12.1 Å². The van der Waals surface area contributed by atoms with Gasteiger partial charge in [0, 0.05) is 12.1 Å². The van der Waals surface area contributed by atoms with Crippen molar-refractivity contribution < 1.29 is 4.79 Å². The molecule has 2 aromatic rings. The average molecular weight is 245 g/mol. The van der Waals surface area contributed by atoms with Crippen molar-refractivity contribution >= 4 is 5.91 Å². The highest BCUT2D eigenvalue weighted by Crippen LogP contribution is 2.08. The molecular weight excluding hydrogens is 230 g/mol.